The van der Waals surface area contributed by atoms with E-state index in [1.165, 1.54) is 12.8 Å². The molecule has 0 bridgehead atoms. The number of nitrogens with two attached hydrogens (primary N) is 1. The van der Waals surface area contributed by atoms with Gasteiger partial charge in [-0.1, -0.05) is 0 Å². The van der Waals surface area contributed by atoms with Crippen LogP contribution in [0.1, 0.15) is 25.1 Å². The first kappa shape index (κ1) is 11.1. The summed E-state index contributed by atoms with van der Waals surface area (Å²) >= 11 is 0. The van der Waals surface area contributed by atoms with Crippen molar-refractivity contribution in [1.29, 1.82) is 0 Å². The molecule has 1 aromatic heterocycles. The van der Waals surface area contributed by atoms with E-state index in [9.17, 15) is 0 Å². The van der Waals surface area contributed by atoms with Crippen molar-refractivity contribution < 1.29 is 5.11 Å². The first-order valence-electron chi connectivity index (χ1n) is 5.59. The molecule has 88 valence electrons. The van der Waals surface area contributed by atoms with Gasteiger partial charge in [-0.2, -0.15) is 0 Å². The molecule has 0 aliphatic heterocycles. The minimum absolute atomic E-state index is 0.257. The number of nitrogens with zero attached hydrogens (tertiary/aromatic N) is 2. The third-order valence-corrected chi connectivity index (χ3v) is 3.10. The number of anilines is 2. The molecule has 16 heavy (non-hydrogen) atoms. The Morgan fingerprint density at radius 2 is 2.25 bits per heavy atom. The van der Waals surface area contributed by atoms with E-state index in [2.05, 4.69) is 15.3 Å². The highest BCUT2D eigenvalue weighted by atomic mass is 16.3. The number of rotatable bonds is 5. The van der Waals surface area contributed by atoms with Gasteiger partial charge in [0.1, 0.15) is 17.5 Å². The molecule has 0 unspecified atom stereocenters. The smallest absolute Gasteiger partial charge is 0.131 e. The van der Waals surface area contributed by atoms with E-state index in [0.717, 1.165) is 18.8 Å². The van der Waals surface area contributed by atoms with Crippen molar-refractivity contribution in [1.82, 2.24) is 9.97 Å². The Morgan fingerprint density at radius 3 is 2.81 bits per heavy atom. The van der Waals surface area contributed by atoms with Crippen LogP contribution < -0.4 is 11.1 Å². The lowest BCUT2D eigenvalue weighted by molar-refractivity contribution is 0.253. The third-order valence-electron chi connectivity index (χ3n) is 3.10. The minimum Gasteiger partial charge on any atom is -0.396 e. The second kappa shape index (κ2) is 4.25. The fourth-order valence-electron chi connectivity index (χ4n) is 1.89. The second-order valence-electron chi connectivity index (χ2n) is 4.55. The van der Waals surface area contributed by atoms with Gasteiger partial charge in [-0.3, -0.25) is 0 Å². The van der Waals surface area contributed by atoms with Gasteiger partial charge in [-0.15, -0.1) is 0 Å². The molecule has 0 aromatic carbocycles. The van der Waals surface area contributed by atoms with Crippen LogP contribution in [-0.2, 0) is 0 Å². The van der Waals surface area contributed by atoms with Crippen molar-refractivity contribution >= 4 is 11.6 Å². The zero-order chi connectivity index (χ0) is 11.6. The molecule has 1 fully saturated rings. The molecule has 1 saturated carbocycles. The number of hydrogen-bond donors (Lipinski definition) is 3. The van der Waals surface area contributed by atoms with Crippen LogP contribution in [0.3, 0.4) is 0 Å². The maximum atomic E-state index is 8.95. The van der Waals surface area contributed by atoms with Gasteiger partial charge in [0.2, 0.25) is 0 Å². The maximum Gasteiger partial charge on any atom is 0.131 e. The number of aliphatic hydroxyl groups excluding tert-OH is 1. The van der Waals surface area contributed by atoms with Gasteiger partial charge in [0.25, 0.3) is 0 Å². The minimum atomic E-state index is 0.257. The number of nitrogen functional groups attached to an aromatic ring is 1. The summed E-state index contributed by atoms with van der Waals surface area (Å²) < 4.78 is 0. The predicted octanol–water partition coefficient (Wildman–Crippen LogP) is 0.942. The average molecular weight is 222 g/mol. The fraction of sp³-hybridized carbons (Fsp3) is 0.636. The number of aromatic nitrogens is 2. The fourth-order valence-corrected chi connectivity index (χ4v) is 1.89. The van der Waals surface area contributed by atoms with Crippen molar-refractivity contribution in [3.63, 3.8) is 0 Å². The Hall–Kier alpha value is -1.36. The maximum absolute atomic E-state index is 8.95. The Bertz CT molecular complexity index is 356. The highest BCUT2D eigenvalue weighted by Gasteiger charge is 2.41. The van der Waals surface area contributed by atoms with E-state index in [1.54, 1.807) is 6.07 Å². The van der Waals surface area contributed by atoms with Gasteiger partial charge >= 0.3 is 0 Å². The molecule has 0 radical (unpaired) electrons. The Labute approximate surface area is 95.1 Å². The van der Waals surface area contributed by atoms with Gasteiger partial charge in [0.15, 0.2) is 0 Å². The SMILES string of the molecule is Cc1nc(N)cc(NCC2(CCO)CC2)n1. The summed E-state index contributed by atoms with van der Waals surface area (Å²) in [7, 11) is 0. The summed E-state index contributed by atoms with van der Waals surface area (Å²) in [6.45, 7) is 2.93. The first-order chi connectivity index (χ1) is 7.63. The zero-order valence-electron chi connectivity index (χ0n) is 9.53. The van der Waals surface area contributed by atoms with E-state index < -0.39 is 0 Å². The van der Waals surface area contributed by atoms with Crippen LogP contribution in [-0.4, -0.2) is 28.2 Å². The highest BCUT2D eigenvalue weighted by Crippen LogP contribution is 2.48. The van der Waals surface area contributed by atoms with Gasteiger partial charge in [-0.05, 0) is 31.6 Å². The van der Waals surface area contributed by atoms with Crippen LogP contribution in [0.4, 0.5) is 11.6 Å². The van der Waals surface area contributed by atoms with Crippen molar-refractivity contribution in [3.05, 3.63) is 11.9 Å². The summed E-state index contributed by atoms with van der Waals surface area (Å²) in [5, 5.41) is 12.2. The molecule has 0 spiro atoms. The van der Waals surface area contributed by atoms with Crippen molar-refractivity contribution in [2.75, 3.05) is 24.2 Å². The van der Waals surface area contributed by atoms with Gasteiger partial charge < -0.3 is 16.2 Å². The van der Waals surface area contributed by atoms with Crippen molar-refractivity contribution in [2.24, 2.45) is 5.41 Å². The van der Waals surface area contributed by atoms with Crippen LogP contribution in [0.25, 0.3) is 0 Å². The number of nitrogens with one attached hydrogen (secondary N) is 1. The first-order valence-corrected chi connectivity index (χ1v) is 5.59. The topological polar surface area (TPSA) is 84.1 Å². The van der Waals surface area contributed by atoms with Crippen LogP contribution in [0.15, 0.2) is 6.07 Å². The Morgan fingerprint density at radius 1 is 1.50 bits per heavy atom. The standard InChI is InChI=1S/C11H18N4O/c1-8-14-9(12)6-10(15-8)13-7-11(2-3-11)4-5-16/h6,16H,2-5,7H2,1H3,(H3,12,13,14,15). The van der Waals surface area contributed by atoms with E-state index in [-0.39, 0.29) is 12.0 Å². The monoisotopic (exact) mass is 222 g/mol. The van der Waals surface area contributed by atoms with Crippen molar-refractivity contribution in [3.8, 4) is 0 Å². The number of aliphatic hydroxyl groups is 1. The van der Waals surface area contributed by atoms with Crippen LogP contribution in [0, 0.1) is 12.3 Å². The van der Waals surface area contributed by atoms with E-state index in [4.69, 9.17) is 10.8 Å². The molecule has 5 nitrogen and oxygen atoms in total. The Balaban J connectivity index is 1.94. The molecule has 5 heteroatoms. The molecule has 0 saturated heterocycles. The average Bonchev–Trinajstić information content (AvgIpc) is 2.95. The van der Waals surface area contributed by atoms with Gasteiger partial charge in [-0.25, -0.2) is 9.97 Å². The normalized spacial score (nSPS) is 17.1. The van der Waals surface area contributed by atoms with Gasteiger partial charge in [0.05, 0.1) is 0 Å². The van der Waals surface area contributed by atoms with E-state index in [1.807, 2.05) is 6.92 Å². The lowest BCUT2D eigenvalue weighted by Gasteiger charge is -2.15. The number of aryl methyl sites for hydroxylation is 1. The second-order valence-corrected chi connectivity index (χ2v) is 4.55. The largest absolute Gasteiger partial charge is 0.396 e. The lowest BCUT2D eigenvalue weighted by Crippen LogP contribution is -2.17. The molecule has 1 aromatic rings. The predicted molar refractivity (Wildman–Crippen MR) is 63.0 cm³/mol. The molecule has 1 aliphatic rings. The van der Waals surface area contributed by atoms with E-state index >= 15 is 0 Å². The molecular weight excluding hydrogens is 204 g/mol. The van der Waals surface area contributed by atoms with Crippen LogP contribution in [0.5, 0.6) is 0 Å². The van der Waals surface area contributed by atoms with Crippen molar-refractivity contribution in [2.45, 2.75) is 26.2 Å². The summed E-state index contributed by atoms with van der Waals surface area (Å²) in [6, 6.07) is 1.74. The lowest BCUT2D eigenvalue weighted by atomic mass is 10.0. The number of hydrogen-bond acceptors (Lipinski definition) is 5. The summed E-state index contributed by atoms with van der Waals surface area (Å²) in [6.07, 6.45) is 3.22. The summed E-state index contributed by atoms with van der Waals surface area (Å²) in [5.74, 6) is 1.94. The van der Waals surface area contributed by atoms with Gasteiger partial charge in [0, 0.05) is 19.2 Å². The van der Waals surface area contributed by atoms with Crippen LogP contribution in [0.2, 0.25) is 0 Å². The Kier molecular flexibility index (Phi) is 2.96. The molecule has 0 amide bonds. The zero-order valence-corrected chi connectivity index (χ0v) is 9.53. The third kappa shape index (κ3) is 2.61. The van der Waals surface area contributed by atoms with Crippen LogP contribution >= 0.6 is 0 Å². The molecule has 1 heterocycles. The quantitative estimate of drug-likeness (QED) is 0.690. The molecular formula is C11H18N4O. The molecule has 1 aliphatic carbocycles. The molecule has 2 rings (SSSR count). The highest BCUT2D eigenvalue weighted by molar-refractivity contribution is 5.44. The van der Waals surface area contributed by atoms with E-state index in [0.29, 0.717) is 11.6 Å². The molecule has 4 N–H and O–H groups in total. The summed E-state index contributed by atoms with van der Waals surface area (Å²) in [4.78, 5) is 8.28. The molecule has 0 atom stereocenters. The summed E-state index contributed by atoms with van der Waals surface area (Å²) in [5.41, 5.74) is 5.92.